The van der Waals surface area contributed by atoms with E-state index < -0.39 is 0 Å². The number of nitrogens with one attached hydrogen (secondary N) is 2. The van der Waals surface area contributed by atoms with Gasteiger partial charge in [-0.15, -0.1) is 0 Å². The van der Waals surface area contributed by atoms with Gasteiger partial charge in [-0.05, 0) is 31.7 Å². The normalized spacial score (nSPS) is 14.8. The third kappa shape index (κ3) is 4.92. The number of hydrogen-bond donors (Lipinski definition) is 2. The van der Waals surface area contributed by atoms with Gasteiger partial charge >= 0.3 is 6.03 Å². The lowest BCUT2D eigenvalue weighted by atomic mass is 10.1. The lowest BCUT2D eigenvalue weighted by Crippen LogP contribution is -2.36. The van der Waals surface area contributed by atoms with Gasteiger partial charge in [0.2, 0.25) is 0 Å². The van der Waals surface area contributed by atoms with Crippen LogP contribution in [0.5, 0.6) is 0 Å². The molecule has 1 fully saturated rings. The van der Waals surface area contributed by atoms with Gasteiger partial charge in [-0.3, -0.25) is 0 Å². The van der Waals surface area contributed by atoms with E-state index in [-0.39, 0.29) is 6.03 Å². The molecule has 0 atom stereocenters. The molecule has 2 N–H and O–H groups in total. The van der Waals surface area contributed by atoms with Crippen LogP contribution in [-0.2, 0) is 6.54 Å². The monoisotopic (exact) mass is 290 g/mol. The van der Waals surface area contributed by atoms with Crippen molar-refractivity contribution in [3.8, 4) is 0 Å². The van der Waals surface area contributed by atoms with Crippen molar-refractivity contribution in [3.05, 3.63) is 23.9 Å². The largest absolute Gasteiger partial charge is 0.356 e. The summed E-state index contributed by atoms with van der Waals surface area (Å²) >= 11 is 0. The molecular weight excluding hydrogens is 264 g/mol. The molecule has 5 nitrogen and oxygen atoms in total. The van der Waals surface area contributed by atoms with E-state index >= 15 is 0 Å². The minimum absolute atomic E-state index is 0.100. The van der Waals surface area contributed by atoms with Crippen molar-refractivity contribution in [2.24, 2.45) is 0 Å². The molecule has 1 saturated heterocycles. The quantitative estimate of drug-likeness (QED) is 0.792. The average molecular weight is 290 g/mol. The van der Waals surface area contributed by atoms with E-state index in [0.717, 1.165) is 43.9 Å². The van der Waals surface area contributed by atoms with Gasteiger partial charge in [0.25, 0.3) is 0 Å². The number of nitrogens with zero attached hydrogens (tertiary/aromatic N) is 2. The number of urea groups is 1. The molecule has 5 heteroatoms. The van der Waals surface area contributed by atoms with E-state index in [4.69, 9.17) is 0 Å². The van der Waals surface area contributed by atoms with Gasteiger partial charge < -0.3 is 15.5 Å². The van der Waals surface area contributed by atoms with Crippen molar-refractivity contribution >= 4 is 11.8 Å². The molecule has 0 saturated carbocycles. The first-order valence-corrected chi connectivity index (χ1v) is 8.02. The third-order valence-electron chi connectivity index (χ3n) is 3.78. The number of carbonyl (C=O) groups is 1. The van der Waals surface area contributed by atoms with Gasteiger partial charge in [-0.2, -0.15) is 0 Å². The molecule has 0 spiro atoms. The third-order valence-corrected chi connectivity index (χ3v) is 3.78. The number of aromatic nitrogens is 1. The van der Waals surface area contributed by atoms with E-state index in [0.29, 0.717) is 6.54 Å². The minimum atomic E-state index is -0.100. The lowest BCUT2D eigenvalue weighted by Gasteiger charge is -2.29. The van der Waals surface area contributed by atoms with Crippen LogP contribution in [0.2, 0.25) is 0 Å². The minimum Gasteiger partial charge on any atom is -0.356 e. The summed E-state index contributed by atoms with van der Waals surface area (Å²) in [5.41, 5.74) is 1.09. The van der Waals surface area contributed by atoms with Gasteiger partial charge in [0.1, 0.15) is 5.82 Å². The van der Waals surface area contributed by atoms with E-state index in [1.807, 2.05) is 18.3 Å². The molecule has 2 rings (SSSR count). The van der Waals surface area contributed by atoms with Crippen LogP contribution < -0.4 is 15.5 Å². The molecule has 116 valence electrons. The maximum atomic E-state index is 11.7. The van der Waals surface area contributed by atoms with Crippen LogP contribution >= 0.6 is 0 Å². The number of carbonyl (C=O) groups excluding carboxylic acids is 1. The summed E-state index contributed by atoms with van der Waals surface area (Å²) in [6.45, 7) is 5.49. The maximum Gasteiger partial charge on any atom is 0.315 e. The topological polar surface area (TPSA) is 57.3 Å². The molecular formula is C16H26N4O. The van der Waals surface area contributed by atoms with Gasteiger partial charge in [0.15, 0.2) is 0 Å². The van der Waals surface area contributed by atoms with Crippen molar-refractivity contribution in [2.75, 3.05) is 24.5 Å². The Morgan fingerprint density at radius 1 is 1.29 bits per heavy atom. The Kier molecular flexibility index (Phi) is 6.31. The van der Waals surface area contributed by atoms with Gasteiger partial charge in [0.05, 0.1) is 0 Å². The molecule has 2 heterocycles. The number of unbranched alkanes of at least 4 members (excludes halogenated alkanes) is 1. The van der Waals surface area contributed by atoms with E-state index in [1.54, 1.807) is 0 Å². The van der Waals surface area contributed by atoms with Crippen molar-refractivity contribution < 1.29 is 4.79 Å². The number of amides is 2. The van der Waals surface area contributed by atoms with Crippen LogP contribution in [0.3, 0.4) is 0 Å². The van der Waals surface area contributed by atoms with Crippen molar-refractivity contribution in [1.82, 2.24) is 15.6 Å². The summed E-state index contributed by atoms with van der Waals surface area (Å²) in [7, 11) is 0. The predicted octanol–water partition coefficient (Wildman–Crippen LogP) is 2.67. The predicted molar refractivity (Wildman–Crippen MR) is 85.4 cm³/mol. The summed E-state index contributed by atoms with van der Waals surface area (Å²) in [5.74, 6) is 1.02. The number of anilines is 1. The Bertz CT molecular complexity index is 444. The molecule has 0 aromatic carbocycles. The lowest BCUT2D eigenvalue weighted by molar-refractivity contribution is 0.240. The van der Waals surface area contributed by atoms with E-state index in [9.17, 15) is 4.79 Å². The fourth-order valence-corrected chi connectivity index (χ4v) is 2.58. The Balaban J connectivity index is 1.89. The summed E-state index contributed by atoms with van der Waals surface area (Å²) in [5, 5.41) is 5.79. The van der Waals surface area contributed by atoms with Crippen LogP contribution in [0.25, 0.3) is 0 Å². The first-order chi connectivity index (χ1) is 10.3. The number of pyridine rings is 1. The summed E-state index contributed by atoms with van der Waals surface area (Å²) in [6.07, 6.45) is 7.68. The Labute approximate surface area is 127 Å². The van der Waals surface area contributed by atoms with Crippen LogP contribution in [0.15, 0.2) is 18.3 Å². The zero-order chi connectivity index (χ0) is 14.9. The average Bonchev–Trinajstić information content (AvgIpc) is 2.54. The molecule has 1 aliphatic heterocycles. The number of hydrogen-bond acceptors (Lipinski definition) is 3. The Morgan fingerprint density at radius 2 is 2.10 bits per heavy atom. The highest BCUT2D eigenvalue weighted by molar-refractivity contribution is 5.74. The Morgan fingerprint density at radius 3 is 2.86 bits per heavy atom. The van der Waals surface area contributed by atoms with Crippen molar-refractivity contribution in [1.29, 1.82) is 0 Å². The molecule has 0 bridgehead atoms. The van der Waals surface area contributed by atoms with Crippen molar-refractivity contribution in [3.63, 3.8) is 0 Å². The van der Waals surface area contributed by atoms with Crippen LogP contribution in [0.4, 0.5) is 10.6 Å². The Hall–Kier alpha value is -1.78. The second-order valence-corrected chi connectivity index (χ2v) is 5.50. The summed E-state index contributed by atoms with van der Waals surface area (Å²) in [4.78, 5) is 18.6. The first kappa shape index (κ1) is 15.6. The zero-order valence-electron chi connectivity index (χ0n) is 12.9. The summed E-state index contributed by atoms with van der Waals surface area (Å²) in [6, 6.07) is 3.87. The van der Waals surface area contributed by atoms with Crippen molar-refractivity contribution in [2.45, 2.75) is 45.6 Å². The highest BCUT2D eigenvalue weighted by atomic mass is 16.2. The first-order valence-electron chi connectivity index (χ1n) is 8.02. The zero-order valence-corrected chi connectivity index (χ0v) is 12.9. The van der Waals surface area contributed by atoms with Gasteiger partial charge in [-0.1, -0.05) is 19.4 Å². The smallest absolute Gasteiger partial charge is 0.315 e. The molecule has 0 radical (unpaired) electrons. The van der Waals surface area contributed by atoms with Gasteiger partial charge in [0, 0.05) is 37.9 Å². The molecule has 1 aromatic rings. The molecule has 0 unspecified atom stereocenters. The highest BCUT2D eigenvalue weighted by Crippen LogP contribution is 2.21. The molecule has 1 aromatic heterocycles. The molecule has 1 aliphatic rings. The van der Waals surface area contributed by atoms with Crippen LogP contribution in [-0.4, -0.2) is 30.6 Å². The van der Waals surface area contributed by atoms with E-state index in [1.165, 1.54) is 19.3 Å². The molecule has 21 heavy (non-hydrogen) atoms. The number of piperidine rings is 1. The standard InChI is InChI=1S/C16H26N4O/c1-2-3-9-18-16(21)19-13-14-8-7-10-17-15(14)20-11-5-4-6-12-20/h7-8,10H,2-6,9,11-13H2,1H3,(H2,18,19,21). The fraction of sp³-hybridized carbons (Fsp3) is 0.625. The number of rotatable bonds is 6. The second kappa shape index (κ2) is 8.49. The van der Waals surface area contributed by atoms with Gasteiger partial charge in [-0.25, -0.2) is 9.78 Å². The van der Waals surface area contributed by atoms with Crippen LogP contribution in [0, 0.1) is 0 Å². The van der Waals surface area contributed by atoms with Crippen LogP contribution in [0.1, 0.15) is 44.6 Å². The summed E-state index contributed by atoms with van der Waals surface area (Å²) < 4.78 is 0. The molecule has 2 amide bonds. The highest BCUT2D eigenvalue weighted by Gasteiger charge is 2.15. The maximum absolute atomic E-state index is 11.7. The molecule has 0 aliphatic carbocycles. The second-order valence-electron chi connectivity index (χ2n) is 5.50. The SMILES string of the molecule is CCCCNC(=O)NCc1cccnc1N1CCCCC1. The van der Waals surface area contributed by atoms with E-state index in [2.05, 4.69) is 27.4 Å². The fourth-order valence-electron chi connectivity index (χ4n) is 2.58.